The first-order valence-electron chi connectivity index (χ1n) is 4.57. The average molecular weight is 180 g/mol. The molecule has 1 atom stereocenters. The van der Waals surface area contributed by atoms with Gasteiger partial charge in [0, 0.05) is 13.5 Å². The fraction of sp³-hybridized carbons (Fsp3) is 0.455. The van der Waals surface area contributed by atoms with E-state index in [0.717, 1.165) is 18.4 Å². The lowest BCUT2D eigenvalue weighted by molar-refractivity contribution is 0.0992. The van der Waals surface area contributed by atoms with Gasteiger partial charge in [-0.05, 0) is 18.1 Å². The van der Waals surface area contributed by atoms with Crippen molar-refractivity contribution in [1.29, 1.82) is 0 Å². The molecule has 0 bridgehead atoms. The zero-order valence-corrected chi connectivity index (χ0v) is 8.16. The fourth-order valence-electron chi connectivity index (χ4n) is 1.32. The number of hydrogen-bond acceptors (Lipinski definition) is 2. The topological polar surface area (TPSA) is 29.5 Å². The van der Waals surface area contributed by atoms with E-state index in [9.17, 15) is 5.11 Å². The Morgan fingerprint density at radius 3 is 2.62 bits per heavy atom. The lowest BCUT2D eigenvalue weighted by atomic mass is 10.1. The molecule has 1 aromatic rings. The predicted octanol–water partition coefficient (Wildman–Crippen LogP) is 2.36. The van der Waals surface area contributed by atoms with Gasteiger partial charge in [0.2, 0.25) is 0 Å². The fourth-order valence-corrected chi connectivity index (χ4v) is 1.32. The summed E-state index contributed by atoms with van der Waals surface area (Å²) in [6.07, 6.45) is 1.94. The van der Waals surface area contributed by atoms with Crippen LogP contribution in [0.15, 0.2) is 24.3 Å². The maximum Gasteiger partial charge on any atom is 0.118 e. The Labute approximate surface area is 79.2 Å². The molecule has 0 aliphatic rings. The summed E-state index contributed by atoms with van der Waals surface area (Å²) >= 11 is 0. The van der Waals surface area contributed by atoms with Crippen LogP contribution in [0.4, 0.5) is 0 Å². The normalized spacial score (nSPS) is 12.8. The highest BCUT2D eigenvalue weighted by Crippen LogP contribution is 2.18. The molecule has 1 unspecified atom stereocenters. The van der Waals surface area contributed by atoms with E-state index in [1.165, 1.54) is 0 Å². The molecule has 0 radical (unpaired) electrons. The van der Waals surface area contributed by atoms with Gasteiger partial charge >= 0.3 is 0 Å². The van der Waals surface area contributed by atoms with Gasteiger partial charge in [-0.25, -0.2) is 0 Å². The van der Waals surface area contributed by atoms with Gasteiger partial charge in [-0.2, -0.15) is 0 Å². The van der Waals surface area contributed by atoms with Crippen LogP contribution in [0.5, 0.6) is 5.75 Å². The van der Waals surface area contributed by atoms with E-state index < -0.39 is 0 Å². The van der Waals surface area contributed by atoms with Crippen molar-refractivity contribution < 1.29 is 9.84 Å². The van der Waals surface area contributed by atoms with Gasteiger partial charge in [0.1, 0.15) is 5.75 Å². The maximum absolute atomic E-state index is 9.49. The zero-order chi connectivity index (χ0) is 9.68. The molecule has 72 valence electrons. The Bertz CT molecular complexity index is 254. The van der Waals surface area contributed by atoms with Crippen molar-refractivity contribution in [1.82, 2.24) is 0 Å². The van der Waals surface area contributed by atoms with E-state index in [-0.39, 0.29) is 6.10 Å². The van der Waals surface area contributed by atoms with Crippen LogP contribution in [0, 0.1) is 0 Å². The van der Waals surface area contributed by atoms with Crippen LogP contribution in [-0.2, 0) is 11.2 Å². The molecule has 0 aliphatic carbocycles. The minimum atomic E-state index is 0.202. The molecular formula is C11H16O2. The largest absolute Gasteiger partial charge is 0.508 e. The lowest BCUT2D eigenvalue weighted by Crippen LogP contribution is -2.12. The van der Waals surface area contributed by atoms with Crippen LogP contribution >= 0.6 is 0 Å². The lowest BCUT2D eigenvalue weighted by Gasteiger charge is -2.13. The summed E-state index contributed by atoms with van der Waals surface area (Å²) in [7, 11) is 1.70. The number of hydrogen-bond donors (Lipinski definition) is 1. The second-order valence-corrected chi connectivity index (χ2v) is 3.10. The second-order valence-electron chi connectivity index (χ2n) is 3.10. The molecule has 0 fully saturated rings. The summed E-state index contributed by atoms with van der Waals surface area (Å²) in [5.74, 6) is 0.359. The number of aromatic hydroxyl groups is 1. The van der Waals surface area contributed by atoms with Crippen LogP contribution in [0.1, 0.15) is 18.9 Å². The quantitative estimate of drug-likeness (QED) is 0.770. The van der Waals surface area contributed by atoms with Crippen molar-refractivity contribution in [2.24, 2.45) is 0 Å². The highest BCUT2D eigenvalue weighted by Gasteiger charge is 2.07. The van der Waals surface area contributed by atoms with Gasteiger partial charge < -0.3 is 9.84 Å². The first kappa shape index (κ1) is 10.1. The summed E-state index contributed by atoms with van der Waals surface area (Å²) in [6.45, 7) is 2.08. The molecule has 0 amide bonds. The van der Waals surface area contributed by atoms with E-state index in [1.54, 1.807) is 13.2 Å². The molecule has 2 heteroatoms. The summed E-state index contributed by atoms with van der Waals surface area (Å²) in [4.78, 5) is 0. The number of phenolic OH excluding ortho intramolecular Hbond substituents is 1. The van der Waals surface area contributed by atoms with Crippen molar-refractivity contribution in [3.8, 4) is 5.75 Å². The minimum absolute atomic E-state index is 0.202. The number of phenols is 1. The number of para-hydroxylation sites is 1. The Kier molecular flexibility index (Phi) is 3.77. The van der Waals surface area contributed by atoms with E-state index in [1.807, 2.05) is 18.2 Å². The molecule has 0 saturated carbocycles. The summed E-state index contributed by atoms with van der Waals surface area (Å²) in [5, 5.41) is 9.49. The Morgan fingerprint density at radius 1 is 1.38 bits per heavy atom. The van der Waals surface area contributed by atoms with Crippen molar-refractivity contribution >= 4 is 0 Å². The van der Waals surface area contributed by atoms with Gasteiger partial charge in [0.25, 0.3) is 0 Å². The van der Waals surface area contributed by atoms with Crippen LogP contribution < -0.4 is 0 Å². The molecular weight excluding hydrogens is 164 g/mol. The molecule has 0 saturated heterocycles. The van der Waals surface area contributed by atoms with E-state index >= 15 is 0 Å². The van der Waals surface area contributed by atoms with Crippen LogP contribution in [0.2, 0.25) is 0 Å². The third-order valence-corrected chi connectivity index (χ3v) is 2.23. The third-order valence-electron chi connectivity index (χ3n) is 2.23. The predicted molar refractivity (Wildman–Crippen MR) is 52.9 cm³/mol. The van der Waals surface area contributed by atoms with Crippen molar-refractivity contribution in [2.45, 2.75) is 25.9 Å². The smallest absolute Gasteiger partial charge is 0.118 e. The van der Waals surface area contributed by atoms with Gasteiger partial charge in [-0.1, -0.05) is 25.1 Å². The zero-order valence-electron chi connectivity index (χ0n) is 8.16. The molecule has 0 heterocycles. The van der Waals surface area contributed by atoms with E-state index in [4.69, 9.17) is 4.74 Å². The highest BCUT2D eigenvalue weighted by atomic mass is 16.5. The minimum Gasteiger partial charge on any atom is -0.508 e. The molecule has 0 aliphatic heterocycles. The first-order valence-corrected chi connectivity index (χ1v) is 4.57. The Morgan fingerprint density at radius 2 is 2.08 bits per heavy atom. The van der Waals surface area contributed by atoms with Crippen molar-refractivity contribution in [2.75, 3.05) is 7.11 Å². The average Bonchev–Trinajstić information content (AvgIpc) is 2.17. The van der Waals surface area contributed by atoms with Crippen LogP contribution in [0.3, 0.4) is 0 Å². The van der Waals surface area contributed by atoms with Crippen molar-refractivity contribution in [3.05, 3.63) is 29.8 Å². The Balaban J connectivity index is 2.67. The van der Waals surface area contributed by atoms with E-state index in [0.29, 0.717) is 5.75 Å². The number of methoxy groups -OCH3 is 1. The first-order chi connectivity index (χ1) is 6.27. The number of rotatable bonds is 4. The van der Waals surface area contributed by atoms with Crippen molar-refractivity contribution in [3.63, 3.8) is 0 Å². The molecule has 1 rings (SSSR count). The molecule has 2 nitrogen and oxygen atoms in total. The summed E-state index contributed by atoms with van der Waals surface area (Å²) in [6, 6.07) is 7.39. The summed E-state index contributed by atoms with van der Waals surface area (Å²) in [5.41, 5.74) is 0.955. The second kappa shape index (κ2) is 4.87. The SMILES string of the molecule is CCC(Cc1ccccc1O)OC. The van der Waals surface area contributed by atoms with Gasteiger partial charge in [-0.3, -0.25) is 0 Å². The monoisotopic (exact) mass is 180 g/mol. The Hall–Kier alpha value is -1.02. The van der Waals surface area contributed by atoms with Gasteiger partial charge in [0.15, 0.2) is 0 Å². The summed E-state index contributed by atoms with van der Waals surface area (Å²) < 4.78 is 5.25. The molecule has 0 spiro atoms. The third kappa shape index (κ3) is 2.74. The molecule has 13 heavy (non-hydrogen) atoms. The van der Waals surface area contributed by atoms with Gasteiger partial charge in [0.05, 0.1) is 6.10 Å². The highest BCUT2D eigenvalue weighted by molar-refractivity contribution is 5.32. The molecule has 1 N–H and O–H groups in total. The number of benzene rings is 1. The van der Waals surface area contributed by atoms with E-state index in [2.05, 4.69) is 6.92 Å². The number of ether oxygens (including phenoxy) is 1. The van der Waals surface area contributed by atoms with Gasteiger partial charge in [-0.15, -0.1) is 0 Å². The molecule has 1 aromatic carbocycles. The maximum atomic E-state index is 9.49. The standard InChI is InChI=1S/C11H16O2/c1-3-10(13-2)8-9-6-4-5-7-11(9)12/h4-7,10,12H,3,8H2,1-2H3. The molecule has 0 aromatic heterocycles. The van der Waals surface area contributed by atoms with Crippen LogP contribution in [0.25, 0.3) is 0 Å². The van der Waals surface area contributed by atoms with Crippen LogP contribution in [-0.4, -0.2) is 18.3 Å².